The molecule has 1 aliphatic heterocycles. The Kier molecular flexibility index (Phi) is 17.4. The third kappa shape index (κ3) is 12.8. The molecule has 20 nitrogen and oxygen atoms in total. The van der Waals surface area contributed by atoms with Gasteiger partial charge in [0.15, 0.2) is 5.82 Å². The number of aryl methyl sites for hydroxylation is 6. The molecule has 1 saturated heterocycles. The number of anilines is 4. The highest BCUT2D eigenvalue weighted by molar-refractivity contribution is 7.90. The lowest BCUT2D eigenvalue weighted by Gasteiger charge is -2.32. The molecule has 0 aliphatic carbocycles. The number of hydrogen-bond acceptors (Lipinski definition) is 18. The number of carbonyl (C=O) groups is 2. The summed E-state index contributed by atoms with van der Waals surface area (Å²) in [6.45, 7) is 18.3. The minimum atomic E-state index is -4.12. The van der Waals surface area contributed by atoms with Gasteiger partial charge in [-0.15, -0.1) is 0 Å². The van der Waals surface area contributed by atoms with E-state index in [1.54, 1.807) is 52.0 Å². The van der Waals surface area contributed by atoms with Crippen LogP contribution in [0.25, 0.3) is 11.4 Å². The molecule has 406 valence electrons. The predicted molar refractivity (Wildman–Crippen MR) is 297 cm³/mol. The number of esters is 2. The lowest BCUT2D eigenvalue weighted by Crippen LogP contribution is -2.41. The number of benzene rings is 4. The zero-order valence-electron chi connectivity index (χ0n) is 45.0. The van der Waals surface area contributed by atoms with E-state index in [4.69, 9.17) is 30.4 Å². The van der Waals surface area contributed by atoms with Gasteiger partial charge in [0.25, 0.3) is 20.0 Å². The number of aromatic nitrogens is 8. The molecular formula is C54H58BClN10O10S2. The summed E-state index contributed by atoms with van der Waals surface area (Å²) in [6, 6.07) is 29.0. The standard InChI is InChI=1S/C24H23N5O4S.C21H28BNO6S.C9H7ClN4/c1-15-10-16(2)21(17(3)11-15)34(31,32)29-13-18(12-20(29)23(30)33-4)22-25-14-26-24(28-22)27-19-8-6-5-7-9-19;1-13-9-14(2)18(15(3)10-13)30(25,26)23-12-16(11-17(23)19(24)27-8)22-28-20(4,5)21(6,7)29-22;10-8-11-6-12-9(14-8)13-7-4-2-1-3-5-7/h5-14H,1-4H3,(H,25,26,27,28);9-12H,1-8H3;1-6H,(H,11,12,13,14). The molecule has 5 heterocycles. The van der Waals surface area contributed by atoms with E-state index in [-0.39, 0.29) is 38.2 Å². The third-order valence-corrected chi connectivity index (χ3v) is 16.7. The van der Waals surface area contributed by atoms with Gasteiger partial charge in [0, 0.05) is 34.8 Å². The van der Waals surface area contributed by atoms with Crippen LogP contribution >= 0.6 is 11.6 Å². The Bertz CT molecular complexity index is 3690. The summed E-state index contributed by atoms with van der Waals surface area (Å²) in [5, 5.41) is 6.24. The van der Waals surface area contributed by atoms with Crippen molar-refractivity contribution < 1.29 is 45.2 Å². The van der Waals surface area contributed by atoms with Crippen molar-refractivity contribution in [3.05, 3.63) is 172 Å². The summed E-state index contributed by atoms with van der Waals surface area (Å²) < 4.78 is 78.1. The van der Waals surface area contributed by atoms with Crippen LogP contribution in [0.3, 0.4) is 0 Å². The summed E-state index contributed by atoms with van der Waals surface area (Å²) in [7, 11) is -6.59. The SMILES string of the molecule is COC(=O)c1cc(-c2ncnc(Nc3ccccc3)n2)cn1S(=O)(=O)c1c(C)cc(C)cc1C.COC(=O)c1cc(B2OC(C)(C)C(C)(C)O2)cn1S(=O)(=O)c1c(C)cc(C)cc1C.Clc1ncnc(Nc2ccccc2)n1. The van der Waals surface area contributed by atoms with Gasteiger partial charge in [-0.2, -0.15) is 9.97 Å². The fraction of sp³-hybridized carbons (Fsp3) is 0.259. The molecule has 0 saturated carbocycles. The van der Waals surface area contributed by atoms with Crippen molar-refractivity contribution in [2.24, 2.45) is 0 Å². The number of nitrogens with zero attached hydrogens (tertiary/aromatic N) is 8. The van der Waals surface area contributed by atoms with Crippen LogP contribution in [0.1, 0.15) is 82.1 Å². The molecule has 0 atom stereocenters. The van der Waals surface area contributed by atoms with Crippen molar-refractivity contribution in [3.63, 3.8) is 0 Å². The number of hydrogen-bond donors (Lipinski definition) is 2. The summed E-state index contributed by atoms with van der Waals surface area (Å²) >= 11 is 5.61. The average molecular weight is 1120 g/mol. The monoisotopic (exact) mass is 1120 g/mol. The first kappa shape index (κ1) is 57.9. The Morgan fingerprint density at radius 2 is 0.987 bits per heavy atom. The van der Waals surface area contributed by atoms with Gasteiger partial charge in [-0.05, 0) is 139 Å². The predicted octanol–water partition coefficient (Wildman–Crippen LogP) is 9.04. The Labute approximate surface area is 458 Å². The fourth-order valence-electron chi connectivity index (χ4n) is 8.52. The summed E-state index contributed by atoms with van der Waals surface area (Å²) in [4.78, 5) is 49.4. The van der Waals surface area contributed by atoms with E-state index >= 15 is 0 Å². The molecule has 24 heteroatoms. The molecule has 78 heavy (non-hydrogen) atoms. The van der Waals surface area contributed by atoms with Gasteiger partial charge >= 0.3 is 19.1 Å². The molecule has 0 bridgehead atoms. The van der Waals surface area contributed by atoms with Crippen LogP contribution in [0, 0.1) is 41.5 Å². The molecular weight excluding hydrogens is 1060 g/mol. The number of rotatable bonds is 12. The minimum Gasteiger partial charge on any atom is -0.464 e. The van der Waals surface area contributed by atoms with E-state index in [2.05, 4.69) is 40.5 Å². The van der Waals surface area contributed by atoms with E-state index in [0.29, 0.717) is 39.2 Å². The Morgan fingerprint density at radius 3 is 1.42 bits per heavy atom. The van der Waals surface area contributed by atoms with Gasteiger partial charge < -0.3 is 29.4 Å². The van der Waals surface area contributed by atoms with Crippen molar-refractivity contribution in [3.8, 4) is 11.4 Å². The summed E-state index contributed by atoms with van der Waals surface area (Å²) in [5.74, 6) is -0.643. The minimum absolute atomic E-state index is 0.110. The van der Waals surface area contributed by atoms with E-state index in [1.165, 1.54) is 51.4 Å². The molecule has 9 rings (SSSR count). The Morgan fingerprint density at radius 1 is 0.577 bits per heavy atom. The molecule has 1 aliphatic rings. The molecule has 0 amide bonds. The van der Waals surface area contributed by atoms with Crippen LogP contribution in [-0.4, -0.2) is 99.2 Å². The first-order chi connectivity index (χ1) is 36.8. The largest absolute Gasteiger partial charge is 0.496 e. The highest BCUT2D eigenvalue weighted by atomic mass is 35.5. The summed E-state index contributed by atoms with van der Waals surface area (Å²) in [5.41, 5.74) is 5.25. The van der Waals surface area contributed by atoms with Gasteiger partial charge in [-0.3, -0.25) is 0 Å². The van der Waals surface area contributed by atoms with Crippen LogP contribution in [0.5, 0.6) is 0 Å². The van der Waals surface area contributed by atoms with Crippen molar-refractivity contribution in [1.82, 2.24) is 37.8 Å². The maximum Gasteiger partial charge on any atom is 0.496 e. The van der Waals surface area contributed by atoms with Gasteiger partial charge in [-0.25, -0.2) is 54.3 Å². The summed E-state index contributed by atoms with van der Waals surface area (Å²) in [6.07, 6.45) is 5.37. The topological polar surface area (TPSA) is 251 Å². The number of carbonyl (C=O) groups excluding carboxylic acids is 2. The van der Waals surface area contributed by atoms with Gasteiger partial charge in [0.05, 0.1) is 35.2 Å². The number of halogens is 1. The van der Waals surface area contributed by atoms with Crippen molar-refractivity contribution >= 4 is 79.4 Å². The van der Waals surface area contributed by atoms with Gasteiger partial charge in [0.1, 0.15) is 24.0 Å². The van der Waals surface area contributed by atoms with Crippen LogP contribution in [-0.2, 0) is 38.8 Å². The second kappa shape index (κ2) is 23.4. The zero-order chi connectivity index (χ0) is 56.9. The normalized spacial score (nSPS) is 13.6. The van der Waals surface area contributed by atoms with Crippen molar-refractivity contribution in [2.75, 3.05) is 24.9 Å². The van der Waals surface area contributed by atoms with E-state index in [1.807, 2.05) is 102 Å². The highest BCUT2D eigenvalue weighted by Gasteiger charge is 2.52. The van der Waals surface area contributed by atoms with Gasteiger partial charge in [-0.1, -0.05) is 71.8 Å². The number of ether oxygens (including phenoxy) is 2. The molecule has 0 unspecified atom stereocenters. The Balaban J connectivity index is 0.000000183. The maximum absolute atomic E-state index is 13.7. The fourth-order valence-corrected chi connectivity index (χ4v) is 12.2. The first-order valence-electron chi connectivity index (χ1n) is 24.1. The number of nitrogens with one attached hydrogen (secondary N) is 2. The average Bonchev–Trinajstić information content (AvgIpc) is 4.29. The lowest BCUT2D eigenvalue weighted by molar-refractivity contribution is 0.00578. The van der Waals surface area contributed by atoms with Crippen LogP contribution in [0.2, 0.25) is 5.28 Å². The molecule has 2 N–H and O–H groups in total. The first-order valence-corrected chi connectivity index (χ1v) is 27.3. The molecule has 4 aromatic carbocycles. The Hall–Kier alpha value is -7.83. The lowest BCUT2D eigenvalue weighted by atomic mass is 9.81. The van der Waals surface area contributed by atoms with E-state index in [0.717, 1.165) is 30.4 Å². The highest BCUT2D eigenvalue weighted by Crippen LogP contribution is 2.37. The van der Waals surface area contributed by atoms with Crippen LogP contribution in [0.4, 0.5) is 23.3 Å². The van der Waals surface area contributed by atoms with Crippen LogP contribution in [0.15, 0.2) is 132 Å². The van der Waals surface area contributed by atoms with E-state index in [9.17, 15) is 26.4 Å². The third-order valence-electron chi connectivity index (χ3n) is 12.6. The second-order valence-corrected chi connectivity index (χ2v) is 22.9. The molecule has 4 aromatic heterocycles. The second-order valence-electron chi connectivity index (χ2n) is 19.1. The van der Waals surface area contributed by atoms with Gasteiger partial charge in [0.2, 0.25) is 17.2 Å². The van der Waals surface area contributed by atoms with Crippen molar-refractivity contribution in [2.45, 2.75) is 90.2 Å². The molecule has 1 fully saturated rings. The van der Waals surface area contributed by atoms with Crippen molar-refractivity contribution in [1.29, 1.82) is 0 Å². The number of methoxy groups -OCH3 is 2. The van der Waals surface area contributed by atoms with Crippen LogP contribution < -0.4 is 16.1 Å². The molecule has 0 radical (unpaired) electrons. The molecule has 0 spiro atoms. The number of para-hydroxylation sites is 2. The quantitative estimate of drug-likeness (QED) is 0.0855. The smallest absolute Gasteiger partial charge is 0.464 e. The molecule has 8 aromatic rings. The zero-order valence-corrected chi connectivity index (χ0v) is 47.4. The van der Waals surface area contributed by atoms with E-state index < -0.39 is 50.3 Å². The maximum atomic E-state index is 13.7.